The van der Waals surface area contributed by atoms with E-state index in [2.05, 4.69) is 15.6 Å². The third-order valence-corrected chi connectivity index (χ3v) is 5.12. The average molecular weight is 439 g/mol. The maximum atomic E-state index is 12.9. The Bertz CT molecular complexity index is 762. The number of rotatable bonds is 7. The van der Waals surface area contributed by atoms with E-state index in [1.165, 1.54) is 6.20 Å². The van der Waals surface area contributed by atoms with Crippen molar-refractivity contribution in [2.45, 2.75) is 37.8 Å². The van der Waals surface area contributed by atoms with Crippen LogP contribution >= 0.6 is 24.8 Å². The van der Waals surface area contributed by atoms with Gasteiger partial charge in [0.05, 0.1) is 5.56 Å². The van der Waals surface area contributed by atoms with Gasteiger partial charge in [-0.2, -0.15) is 0 Å². The molecule has 0 aliphatic heterocycles. The van der Waals surface area contributed by atoms with Gasteiger partial charge in [0, 0.05) is 24.9 Å². The minimum Gasteiger partial charge on any atom is -0.351 e. The Kier molecular flexibility index (Phi) is 10.7. The highest BCUT2D eigenvalue weighted by atomic mass is 35.5. The Hall–Kier alpha value is -2.15. The van der Waals surface area contributed by atoms with Crippen molar-refractivity contribution in [1.82, 2.24) is 15.6 Å². The number of nitrogens with one attached hydrogen (secondary N) is 2. The van der Waals surface area contributed by atoms with Gasteiger partial charge in [-0.1, -0.05) is 36.8 Å². The van der Waals surface area contributed by atoms with Gasteiger partial charge >= 0.3 is 0 Å². The Morgan fingerprint density at radius 3 is 2.52 bits per heavy atom. The van der Waals surface area contributed by atoms with Crippen LogP contribution in [0.25, 0.3) is 0 Å². The molecule has 3 rings (SSSR count). The number of hydrogen-bond acceptors (Lipinski definition) is 4. The second kappa shape index (κ2) is 12.4. The molecule has 2 amide bonds. The zero-order valence-corrected chi connectivity index (χ0v) is 17.8. The van der Waals surface area contributed by atoms with Crippen LogP contribution in [0.2, 0.25) is 0 Å². The van der Waals surface area contributed by atoms with Crippen LogP contribution in [-0.2, 0) is 11.2 Å². The summed E-state index contributed by atoms with van der Waals surface area (Å²) in [4.78, 5) is 29.5. The van der Waals surface area contributed by atoms with E-state index in [4.69, 9.17) is 5.73 Å². The second-order valence-electron chi connectivity index (χ2n) is 7.00. The van der Waals surface area contributed by atoms with E-state index in [0.29, 0.717) is 24.4 Å². The van der Waals surface area contributed by atoms with Gasteiger partial charge in [-0.25, -0.2) is 0 Å². The predicted molar refractivity (Wildman–Crippen MR) is 118 cm³/mol. The average Bonchev–Trinajstić information content (AvgIpc) is 3.16. The van der Waals surface area contributed by atoms with Gasteiger partial charge in [0.15, 0.2) is 0 Å². The van der Waals surface area contributed by atoms with E-state index in [-0.39, 0.29) is 42.7 Å². The van der Waals surface area contributed by atoms with Crippen molar-refractivity contribution in [3.8, 4) is 0 Å². The van der Waals surface area contributed by atoms with Crippen molar-refractivity contribution in [3.63, 3.8) is 0 Å². The lowest BCUT2D eigenvalue weighted by Crippen LogP contribution is -2.52. The van der Waals surface area contributed by atoms with Crippen LogP contribution in [0.5, 0.6) is 0 Å². The predicted octanol–water partition coefficient (Wildman–Crippen LogP) is 2.51. The molecule has 1 saturated carbocycles. The number of carbonyl (C=O) groups excluding carboxylic acids is 2. The minimum atomic E-state index is -0.654. The molecule has 1 aromatic carbocycles. The van der Waals surface area contributed by atoms with Crippen LogP contribution < -0.4 is 16.4 Å². The normalized spacial score (nSPS) is 18.7. The number of nitrogens with zero attached hydrogens (tertiary/aromatic N) is 1. The monoisotopic (exact) mass is 438 g/mol. The molecule has 2 aromatic rings. The minimum absolute atomic E-state index is 0. The zero-order chi connectivity index (χ0) is 19.1. The maximum absolute atomic E-state index is 12.9. The lowest BCUT2D eigenvalue weighted by molar-refractivity contribution is -0.123. The summed E-state index contributed by atoms with van der Waals surface area (Å²) in [7, 11) is 0. The highest BCUT2D eigenvalue weighted by Gasteiger charge is 2.30. The van der Waals surface area contributed by atoms with Gasteiger partial charge < -0.3 is 16.4 Å². The van der Waals surface area contributed by atoms with E-state index in [9.17, 15) is 9.59 Å². The fourth-order valence-electron chi connectivity index (χ4n) is 3.59. The van der Waals surface area contributed by atoms with Crippen molar-refractivity contribution < 1.29 is 9.59 Å². The number of benzene rings is 1. The molecule has 1 fully saturated rings. The number of nitrogens with two attached hydrogens (primary N) is 1. The van der Waals surface area contributed by atoms with Gasteiger partial charge in [0.2, 0.25) is 5.91 Å². The molecule has 8 heteroatoms. The van der Waals surface area contributed by atoms with Gasteiger partial charge in [-0.3, -0.25) is 14.6 Å². The van der Waals surface area contributed by atoms with Crippen LogP contribution in [0, 0.1) is 5.92 Å². The van der Waals surface area contributed by atoms with E-state index in [1.807, 2.05) is 30.3 Å². The molecule has 29 heavy (non-hydrogen) atoms. The topological polar surface area (TPSA) is 97.1 Å². The maximum Gasteiger partial charge on any atom is 0.253 e. The fraction of sp³-hybridized carbons (Fsp3) is 0.381. The Morgan fingerprint density at radius 1 is 1.10 bits per heavy atom. The Balaban J connectivity index is 0.00000210. The third-order valence-electron chi connectivity index (χ3n) is 5.12. The summed E-state index contributed by atoms with van der Waals surface area (Å²) < 4.78 is 0. The summed E-state index contributed by atoms with van der Waals surface area (Å²) in [6.07, 6.45) is 6.57. The highest BCUT2D eigenvalue weighted by Crippen LogP contribution is 2.24. The van der Waals surface area contributed by atoms with Crippen molar-refractivity contribution in [2.24, 2.45) is 11.7 Å². The first-order valence-electron chi connectivity index (χ1n) is 9.42. The van der Waals surface area contributed by atoms with Crippen LogP contribution in [0.1, 0.15) is 35.2 Å². The summed E-state index contributed by atoms with van der Waals surface area (Å²) in [6.45, 7) is 0.566. The zero-order valence-electron chi connectivity index (χ0n) is 16.1. The molecule has 6 nitrogen and oxygen atoms in total. The van der Waals surface area contributed by atoms with E-state index < -0.39 is 6.04 Å². The molecular weight excluding hydrogens is 411 g/mol. The molecule has 0 saturated heterocycles. The lowest BCUT2D eigenvalue weighted by Gasteiger charge is -2.24. The molecule has 3 atom stereocenters. The summed E-state index contributed by atoms with van der Waals surface area (Å²) >= 11 is 0. The highest BCUT2D eigenvalue weighted by molar-refractivity contribution is 5.97. The summed E-state index contributed by atoms with van der Waals surface area (Å²) in [6, 6.07) is 12.5. The van der Waals surface area contributed by atoms with Crippen LogP contribution in [0.4, 0.5) is 0 Å². The van der Waals surface area contributed by atoms with Crippen molar-refractivity contribution in [3.05, 3.63) is 66.0 Å². The number of hydrogen-bond donors (Lipinski definition) is 3. The van der Waals surface area contributed by atoms with Gasteiger partial charge in [0.25, 0.3) is 5.91 Å². The standard InChI is InChI=1S/C21H26N4O2.2ClH/c22-13-16-8-4-10-18(16)24-21(27)19(12-15-6-2-1-3-7-15)25-20(26)17-9-5-11-23-14-17;;/h1-3,5-7,9,11,14,16,18-19H,4,8,10,12-13,22H2,(H,24,27)(H,25,26);2*1H. The molecule has 0 radical (unpaired) electrons. The number of pyridine rings is 1. The Morgan fingerprint density at radius 2 is 1.86 bits per heavy atom. The molecule has 4 N–H and O–H groups in total. The molecule has 1 aromatic heterocycles. The first kappa shape index (κ1) is 24.9. The quantitative estimate of drug-likeness (QED) is 0.618. The van der Waals surface area contributed by atoms with E-state index in [1.54, 1.807) is 18.3 Å². The molecule has 1 heterocycles. The van der Waals surface area contributed by atoms with Gasteiger partial charge in [-0.15, -0.1) is 24.8 Å². The second-order valence-corrected chi connectivity index (χ2v) is 7.00. The molecule has 1 aliphatic rings. The lowest BCUT2D eigenvalue weighted by atomic mass is 10.0. The molecule has 0 bridgehead atoms. The van der Waals surface area contributed by atoms with E-state index >= 15 is 0 Å². The van der Waals surface area contributed by atoms with E-state index in [0.717, 1.165) is 24.8 Å². The van der Waals surface area contributed by atoms with Gasteiger partial charge in [-0.05, 0) is 43.0 Å². The summed E-state index contributed by atoms with van der Waals surface area (Å²) in [5.74, 6) is -0.164. The number of aromatic nitrogens is 1. The van der Waals surface area contributed by atoms with Crippen molar-refractivity contribution >= 4 is 36.6 Å². The summed E-state index contributed by atoms with van der Waals surface area (Å²) in [5, 5.41) is 5.97. The first-order chi connectivity index (χ1) is 13.2. The summed E-state index contributed by atoms with van der Waals surface area (Å²) in [5.41, 5.74) is 7.25. The molecule has 1 aliphatic carbocycles. The Labute approximate surface area is 183 Å². The van der Waals surface area contributed by atoms with Crippen molar-refractivity contribution in [2.75, 3.05) is 6.54 Å². The SMILES string of the molecule is Cl.Cl.NCC1CCCC1NC(=O)C(Cc1ccccc1)NC(=O)c1cccnc1. The molecule has 0 spiro atoms. The molecule has 158 valence electrons. The first-order valence-corrected chi connectivity index (χ1v) is 9.42. The van der Waals surface area contributed by atoms with Crippen LogP contribution in [0.15, 0.2) is 54.9 Å². The largest absolute Gasteiger partial charge is 0.351 e. The van der Waals surface area contributed by atoms with Gasteiger partial charge in [0.1, 0.15) is 6.04 Å². The number of carbonyl (C=O) groups is 2. The number of halogens is 2. The number of amides is 2. The molecule has 3 unspecified atom stereocenters. The fourth-order valence-corrected chi connectivity index (χ4v) is 3.59. The smallest absolute Gasteiger partial charge is 0.253 e. The molecular formula is C21H28Cl2N4O2. The third kappa shape index (κ3) is 6.99. The van der Waals surface area contributed by atoms with Crippen LogP contribution in [0.3, 0.4) is 0 Å². The van der Waals surface area contributed by atoms with Crippen LogP contribution in [-0.4, -0.2) is 35.4 Å². The van der Waals surface area contributed by atoms with Crippen molar-refractivity contribution in [1.29, 1.82) is 0 Å².